The molecule has 3 aromatic rings. The molecule has 35 heavy (non-hydrogen) atoms. The van der Waals surface area contributed by atoms with Crippen LogP contribution in [0.2, 0.25) is 0 Å². The second-order valence-electron chi connectivity index (χ2n) is 8.38. The minimum Gasteiger partial charge on any atom is -0.508 e. The summed E-state index contributed by atoms with van der Waals surface area (Å²) in [6, 6.07) is 5.61. The molecule has 2 aliphatic rings. The van der Waals surface area contributed by atoms with E-state index in [0.717, 1.165) is 11.6 Å². The molecule has 12 heteroatoms. The molecule has 2 aromatic carbocycles. The van der Waals surface area contributed by atoms with Gasteiger partial charge in [-0.15, -0.1) is 0 Å². The highest BCUT2D eigenvalue weighted by Gasteiger charge is 2.48. The Morgan fingerprint density at radius 1 is 0.971 bits per heavy atom. The molecule has 1 aromatic heterocycles. The zero-order valence-corrected chi connectivity index (χ0v) is 17.8. The van der Waals surface area contributed by atoms with Gasteiger partial charge in [-0.1, -0.05) is 0 Å². The van der Waals surface area contributed by atoms with E-state index in [1.807, 2.05) is 0 Å². The van der Waals surface area contributed by atoms with E-state index in [0.29, 0.717) is 12.0 Å². The van der Waals surface area contributed by atoms with Crippen molar-refractivity contribution in [1.29, 1.82) is 0 Å². The van der Waals surface area contributed by atoms with E-state index in [9.17, 15) is 45.3 Å². The van der Waals surface area contributed by atoms with Crippen LogP contribution in [-0.4, -0.2) is 72.4 Å². The average molecular weight is 488 g/mol. The monoisotopic (exact) mass is 488 g/mol. The number of aliphatic hydroxyl groups is 3. The van der Waals surface area contributed by atoms with Gasteiger partial charge in [0.2, 0.25) is 12.0 Å². The van der Waals surface area contributed by atoms with E-state index in [4.69, 9.17) is 13.9 Å². The number of phenolic OH excluding ortho intramolecular Hbond substituents is 3. The number of hydrogen-bond donors (Lipinski definition) is 7. The summed E-state index contributed by atoms with van der Waals surface area (Å²) in [6.45, 7) is 0. The number of aliphatic carboxylic acids is 1. The molecule has 7 N–H and O–H groups in total. The van der Waals surface area contributed by atoms with Gasteiger partial charge in [-0.3, -0.25) is 4.79 Å². The number of fused-ring (bicyclic) bond motifs is 4. The van der Waals surface area contributed by atoms with E-state index in [2.05, 4.69) is 0 Å². The minimum absolute atomic E-state index is 0.0478. The molecule has 1 fully saturated rings. The summed E-state index contributed by atoms with van der Waals surface area (Å²) in [5.41, 5.74) is 0.792. The van der Waals surface area contributed by atoms with Gasteiger partial charge in [0, 0.05) is 17.2 Å². The molecule has 0 saturated carbocycles. The SMILES string of the molecule is O=C(O)[C@H]1O[C@@H](Oc2cc3oc4c(c(=O)c3c(O)c2O)CCc2cc(O)ccc2-4)[C@H](O)[C@@H](O)[C@@H]1O. The highest BCUT2D eigenvalue weighted by Crippen LogP contribution is 2.44. The summed E-state index contributed by atoms with van der Waals surface area (Å²) in [5, 5.41) is 69.7. The maximum atomic E-state index is 13.2. The Bertz CT molecular complexity index is 1410. The van der Waals surface area contributed by atoms with Crippen molar-refractivity contribution in [3.63, 3.8) is 0 Å². The number of ether oxygens (including phenoxy) is 2. The maximum absolute atomic E-state index is 13.2. The van der Waals surface area contributed by atoms with E-state index < -0.39 is 59.4 Å². The summed E-state index contributed by atoms with van der Waals surface area (Å²) < 4.78 is 16.3. The number of rotatable bonds is 3. The summed E-state index contributed by atoms with van der Waals surface area (Å²) in [6.07, 6.45) is -8.95. The van der Waals surface area contributed by atoms with Crippen molar-refractivity contribution in [3.05, 3.63) is 45.6 Å². The second-order valence-corrected chi connectivity index (χ2v) is 8.38. The topological polar surface area (TPSA) is 207 Å². The Hall–Kier alpha value is -3.84. The molecule has 0 bridgehead atoms. The van der Waals surface area contributed by atoms with Crippen LogP contribution in [0.3, 0.4) is 0 Å². The van der Waals surface area contributed by atoms with Crippen LogP contribution in [0.15, 0.2) is 33.5 Å². The van der Waals surface area contributed by atoms with E-state index in [1.165, 1.54) is 6.07 Å². The highest BCUT2D eigenvalue weighted by atomic mass is 16.7. The van der Waals surface area contributed by atoms with Gasteiger partial charge in [0.1, 0.15) is 40.8 Å². The van der Waals surface area contributed by atoms with Gasteiger partial charge in [0.05, 0.1) is 0 Å². The van der Waals surface area contributed by atoms with Crippen molar-refractivity contribution in [1.82, 2.24) is 0 Å². The first-order chi connectivity index (χ1) is 16.6. The molecule has 1 aliphatic heterocycles. The van der Waals surface area contributed by atoms with Crippen molar-refractivity contribution in [2.24, 2.45) is 0 Å². The summed E-state index contributed by atoms with van der Waals surface area (Å²) in [4.78, 5) is 24.5. The van der Waals surface area contributed by atoms with Crippen LogP contribution in [-0.2, 0) is 22.4 Å². The second kappa shape index (κ2) is 8.13. The lowest BCUT2D eigenvalue weighted by molar-refractivity contribution is -0.271. The molecule has 184 valence electrons. The van der Waals surface area contributed by atoms with Gasteiger partial charge < -0.3 is 49.6 Å². The van der Waals surface area contributed by atoms with Crippen molar-refractivity contribution < 1.29 is 54.4 Å². The lowest BCUT2D eigenvalue weighted by Crippen LogP contribution is -2.61. The van der Waals surface area contributed by atoms with E-state index in [1.54, 1.807) is 12.1 Å². The number of aromatic hydroxyl groups is 3. The molecular formula is C23H20O12. The first kappa shape index (κ1) is 22.9. The van der Waals surface area contributed by atoms with Gasteiger partial charge in [-0.05, 0) is 36.6 Å². The Kier molecular flexibility index (Phi) is 5.33. The molecule has 1 saturated heterocycles. The molecule has 5 atom stereocenters. The van der Waals surface area contributed by atoms with Gasteiger partial charge >= 0.3 is 5.97 Å². The third kappa shape index (κ3) is 3.54. The van der Waals surface area contributed by atoms with E-state index in [-0.39, 0.29) is 34.5 Å². The zero-order chi connectivity index (χ0) is 25.2. The molecule has 12 nitrogen and oxygen atoms in total. The molecular weight excluding hydrogens is 468 g/mol. The number of phenols is 3. The molecule has 1 aliphatic carbocycles. The first-order valence-corrected chi connectivity index (χ1v) is 10.5. The number of carboxylic acid groups (broad SMARTS) is 1. The Balaban J connectivity index is 1.61. The van der Waals surface area contributed by atoms with Gasteiger partial charge in [0.25, 0.3) is 0 Å². The first-order valence-electron chi connectivity index (χ1n) is 10.5. The molecule has 0 spiro atoms. The fraction of sp³-hybridized carbons (Fsp3) is 0.304. The minimum atomic E-state index is -1.95. The molecule has 5 rings (SSSR count). The lowest BCUT2D eigenvalue weighted by Gasteiger charge is -2.38. The van der Waals surface area contributed by atoms with Crippen molar-refractivity contribution in [2.45, 2.75) is 43.5 Å². The maximum Gasteiger partial charge on any atom is 0.335 e. The predicted octanol–water partition coefficient (Wildman–Crippen LogP) is -0.0536. The standard InChI is InChI=1S/C23H20O12/c24-8-2-4-9-7(5-8)1-3-10-14(25)13-11(33-20(9)10)6-12(15(26)16(13)27)34-23-19(30)17(28)18(29)21(35-23)22(31)32/h2,4-6,17-19,21,23-24,26-30H,1,3H2,(H,31,32)/t17-,18-,19+,21-,23+/m0/s1. The number of carbonyl (C=O) groups is 1. The van der Waals surface area contributed by atoms with Crippen LogP contribution in [0.5, 0.6) is 23.0 Å². The molecule has 0 radical (unpaired) electrons. The van der Waals surface area contributed by atoms with Crippen molar-refractivity contribution in [3.8, 4) is 34.3 Å². The number of aryl methyl sites for hydroxylation is 1. The van der Waals surface area contributed by atoms with Crippen LogP contribution in [0.1, 0.15) is 11.1 Å². The van der Waals surface area contributed by atoms with Crippen molar-refractivity contribution >= 4 is 16.9 Å². The lowest BCUT2D eigenvalue weighted by atomic mass is 9.89. The highest BCUT2D eigenvalue weighted by molar-refractivity contribution is 5.91. The molecule has 0 unspecified atom stereocenters. The fourth-order valence-electron chi connectivity index (χ4n) is 4.41. The van der Waals surface area contributed by atoms with Crippen LogP contribution in [0, 0.1) is 0 Å². The third-order valence-electron chi connectivity index (χ3n) is 6.22. The van der Waals surface area contributed by atoms with Crippen molar-refractivity contribution in [2.75, 3.05) is 0 Å². The Morgan fingerprint density at radius 3 is 2.43 bits per heavy atom. The van der Waals surface area contributed by atoms with Crippen LogP contribution in [0.25, 0.3) is 22.3 Å². The zero-order valence-electron chi connectivity index (χ0n) is 17.8. The Morgan fingerprint density at radius 2 is 1.71 bits per heavy atom. The normalized spacial score (nSPS) is 25.6. The number of aliphatic hydroxyl groups excluding tert-OH is 3. The molecule has 0 amide bonds. The van der Waals surface area contributed by atoms with Crippen LogP contribution < -0.4 is 10.2 Å². The average Bonchev–Trinajstić information content (AvgIpc) is 2.81. The number of benzene rings is 2. The smallest absolute Gasteiger partial charge is 0.335 e. The number of carboxylic acids is 1. The Labute approximate surface area is 195 Å². The summed E-state index contributed by atoms with van der Waals surface area (Å²) >= 11 is 0. The van der Waals surface area contributed by atoms with Gasteiger partial charge in [-0.2, -0.15) is 0 Å². The van der Waals surface area contributed by atoms with E-state index >= 15 is 0 Å². The fourth-order valence-corrected chi connectivity index (χ4v) is 4.41. The third-order valence-corrected chi connectivity index (χ3v) is 6.22. The largest absolute Gasteiger partial charge is 0.508 e. The number of hydrogen-bond acceptors (Lipinski definition) is 11. The van der Waals surface area contributed by atoms with Gasteiger partial charge in [0.15, 0.2) is 23.0 Å². The van der Waals surface area contributed by atoms with Crippen LogP contribution >= 0.6 is 0 Å². The predicted molar refractivity (Wildman–Crippen MR) is 115 cm³/mol. The quantitative estimate of drug-likeness (QED) is 0.242. The summed E-state index contributed by atoms with van der Waals surface area (Å²) in [5.74, 6) is -3.70. The van der Waals surface area contributed by atoms with Gasteiger partial charge in [-0.25, -0.2) is 4.79 Å². The molecule has 2 heterocycles. The van der Waals surface area contributed by atoms with Crippen LogP contribution in [0.4, 0.5) is 0 Å². The summed E-state index contributed by atoms with van der Waals surface area (Å²) in [7, 11) is 0.